The first kappa shape index (κ1) is 45.4. The number of ether oxygens (including phenoxy) is 4. The normalized spacial score (nSPS) is 21.9. The molecule has 0 spiro atoms. The lowest BCUT2D eigenvalue weighted by Crippen LogP contribution is -2.48. The lowest BCUT2D eigenvalue weighted by molar-refractivity contribution is -0.130. The SMILES string of the molecule is C#CCOCCOCCOCCOCCNC(=O)c1cnc(N2CC(c3nnc(C)n3C3CC4CCC(C3)N4CC[C@H](NC(=O)C3CCC(F)(F)CC3)c3ccccc3)C2)nc1. The van der Waals surface area contributed by atoms with Gasteiger partial charge >= 0.3 is 0 Å². The average molecular weight is 862 g/mol. The van der Waals surface area contributed by atoms with Gasteiger partial charge in [0, 0.05) is 75.5 Å². The van der Waals surface area contributed by atoms with Gasteiger partial charge in [-0.3, -0.25) is 14.5 Å². The fraction of sp³-hybridized carbons (Fsp3) is 0.644. The summed E-state index contributed by atoms with van der Waals surface area (Å²) in [6, 6.07) is 11.0. The zero-order valence-electron chi connectivity index (χ0n) is 35.8. The third kappa shape index (κ3) is 12.1. The summed E-state index contributed by atoms with van der Waals surface area (Å²) >= 11 is 0. The van der Waals surface area contributed by atoms with Crippen LogP contribution >= 0.6 is 0 Å². The number of hydrogen-bond acceptors (Lipinski definition) is 12. The highest BCUT2D eigenvalue weighted by molar-refractivity contribution is 5.93. The van der Waals surface area contributed by atoms with Crippen LogP contribution in [0.2, 0.25) is 0 Å². The monoisotopic (exact) mass is 861 g/mol. The molecule has 2 amide bonds. The Balaban J connectivity index is 0.828. The smallest absolute Gasteiger partial charge is 0.254 e. The number of anilines is 1. The van der Waals surface area contributed by atoms with Gasteiger partial charge in [0.2, 0.25) is 17.8 Å². The molecule has 2 aromatic heterocycles. The van der Waals surface area contributed by atoms with Gasteiger partial charge in [0.05, 0.1) is 63.8 Å². The molecule has 3 saturated heterocycles. The number of nitrogens with zero attached hydrogens (tertiary/aromatic N) is 7. The van der Waals surface area contributed by atoms with Crippen molar-refractivity contribution in [1.29, 1.82) is 0 Å². The minimum absolute atomic E-state index is 0.108. The Morgan fingerprint density at radius 3 is 2.15 bits per heavy atom. The number of terminal acetylenes is 1. The second-order valence-electron chi connectivity index (χ2n) is 16.8. The lowest BCUT2D eigenvalue weighted by atomic mass is 9.86. The summed E-state index contributed by atoms with van der Waals surface area (Å²) in [5.74, 6) is 1.68. The van der Waals surface area contributed by atoms with E-state index >= 15 is 0 Å². The number of aromatic nitrogens is 5. The number of aryl methyl sites for hydroxylation is 1. The molecule has 7 rings (SSSR count). The number of rotatable bonds is 23. The molecule has 4 aliphatic rings. The molecule has 336 valence electrons. The number of carbonyl (C=O) groups is 2. The third-order valence-corrected chi connectivity index (χ3v) is 12.7. The third-order valence-electron chi connectivity index (χ3n) is 12.7. The molecule has 1 aromatic carbocycles. The molecule has 15 nitrogen and oxygen atoms in total. The summed E-state index contributed by atoms with van der Waals surface area (Å²) in [6.45, 7) is 7.95. The zero-order valence-corrected chi connectivity index (χ0v) is 35.8. The molecule has 2 unspecified atom stereocenters. The summed E-state index contributed by atoms with van der Waals surface area (Å²) in [6.07, 6.45) is 13.3. The molecule has 4 fully saturated rings. The van der Waals surface area contributed by atoms with Crippen molar-refractivity contribution < 1.29 is 37.3 Å². The van der Waals surface area contributed by atoms with Crippen molar-refractivity contribution in [2.24, 2.45) is 5.92 Å². The molecular formula is C45H61F2N9O6. The van der Waals surface area contributed by atoms with E-state index in [1.165, 1.54) is 0 Å². The molecule has 17 heteroatoms. The van der Waals surface area contributed by atoms with E-state index in [0.29, 0.717) is 95.5 Å². The van der Waals surface area contributed by atoms with Crippen LogP contribution in [0.4, 0.5) is 14.7 Å². The minimum Gasteiger partial charge on any atom is -0.377 e. The average Bonchev–Trinajstić information content (AvgIpc) is 3.75. The van der Waals surface area contributed by atoms with Gasteiger partial charge in [-0.25, -0.2) is 18.7 Å². The Kier molecular flexibility index (Phi) is 16.2. The van der Waals surface area contributed by atoms with E-state index in [4.69, 9.17) is 25.4 Å². The Morgan fingerprint density at radius 1 is 0.871 bits per heavy atom. The number of piperidine rings is 1. The first-order chi connectivity index (χ1) is 30.2. The van der Waals surface area contributed by atoms with Gasteiger partial charge < -0.3 is 39.0 Å². The lowest BCUT2D eigenvalue weighted by Gasteiger charge is -2.42. The highest BCUT2D eigenvalue weighted by atomic mass is 19.3. The van der Waals surface area contributed by atoms with E-state index in [2.05, 4.69) is 51.1 Å². The summed E-state index contributed by atoms with van der Waals surface area (Å²) in [7, 11) is 0. The summed E-state index contributed by atoms with van der Waals surface area (Å²) in [5, 5.41) is 15.3. The molecule has 2 N–H and O–H groups in total. The van der Waals surface area contributed by atoms with Gasteiger partial charge in [-0.1, -0.05) is 36.3 Å². The second kappa shape index (κ2) is 22.2. The van der Waals surface area contributed by atoms with Gasteiger partial charge in [0.25, 0.3) is 5.91 Å². The first-order valence-corrected chi connectivity index (χ1v) is 22.2. The number of halogens is 2. The first-order valence-electron chi connectivity index (χ1n) is 22.2. The van der Waals surface area contributed by atoms with E-state index in [0.717, 1.165) is 55.9 Å². The largest absolute Gasteiger partial charge is 0.377 e. The molecule has 0 radical (unpaired) electrons. The summed E-state index contributed by atoms with van der Waals surface area (Å²) < 4.78 is 51.6. The predicted octanol–water partition coefficient (Wildman–Crippen LogP) is 4.65. The van der Waals surface area contributed by atoms with Crippen molar-refractivity contribution >= 4 is 17.8 Å². The molecule has 3 atom stereocenters. The fourth-order valence-electron chi connectivity index (χ4n) is 9.35. The molecular weight excluding hydrogens is 801 g/mol. The Labute approximate surface area is 363 Å². The van der Waals surface area contributed by atoms with Crippen molar-refractivity contribution in [3.05, 3.63) is 65.5 Å². The number of carbonyl (C=O) groups excluding carboxylic acids is 2. The molecule has 3 aliphatic heterocycles. The maximum Gasteiger partial charge on any atom is 0.254 e. The maximum absolute atomic E-state index is 13.8. The zero-order chi connectivity index (χ0) is 43.3. The van der Waals surface area contributed by atoms with Crippen LogP contribution in [0.25, 0.3) is 0 Å². The van der Waals surface area contributed by atoms with E-state index in [1.807, 2.05) is 37.3 Å². The van der Waals surface area contributed by atoms with Gasteiger partial charge in [-0.05, 0) is 57.4 Å². The van der Waals surface area contributed by atoms with Gasteiger partial charge in [-0.2, -0.15) is 0 Å². The Bertz CT molecular complexity index is 1900. The van der Waals surface area contributed by atoms with Crippen molar-refractivity contribution in [2.75, 3.05) is 83.9 Å². The van der Waals surface area contributed by atoms with E-state index in [9.17, 15) is 18.4 Å². The Hall–Kier alpha value is -4.60. The van der Waals surface area contributed by atoms with Crippen LogP contribution in [0.1, 0.15) is 103 Å². The second-order valence-corrected chi connectivity index (χ2v) is 16.8. The van der Waals surface area contributed by atoms with Gasteiger partial charge in [0.15, 0.2) is 0 Å². The van der Waals surface area contributed by atoms with Gasteiger partial charge in [-0.15, -0.1) is 16.6 Å². The minimum atomic E-state index is -2.66. The molecule has 2 bridgehead atoms. The number of amides is 2. The summed E-state index contributed by atoms with van der Waals surface area (Å²) in [5.41, 5.74) is 1.43. The van der Waals surface area contributed by atoms with Crippen molar-refractivity contribution in [3.63, 3.8) is 0 Å². The highest BCUT2D eigenvalue weighted by Crippen LogP contribution is 2.43. The predicted molar refractivity (Wildman–Crippen MR) is 227 cm³/mol. The molecule has 1 saturated carbocycles. The van der Waals surface area contributed by atoms with Crippen molar-refractivity contribution in [1.82, 2.24) is 40.3 Å². The van der Waals surface area contributed by atoms with Crippen LogP contribution in [-0.2, 0) is 23.7 Å². The number of fused-ring (bicyclic) bond motifs is 2. The van der Waals surface area contributed by atoms with E-state index in [1.54, 1.807) is 12.4 Å². The van der Waals surface area contributed by atoms with Crippen LogP contribution in [0.5, 0.6) is 0 Å². The topological polar surface area (TPSA) is 158 Å². The summed E-state index contributed by atoms with van der Waals surface area (Å²) in [4.78, 5) is 39.7. The van der Waals surface area contributed by atoms with Crippen LogP contribution in [0, 0.1) is 25.2 Å². The molecule has 3 aromatic rings. The van der Waals surface area contributed by atoms with Crippen molar-refractivity contribution in [2.45, 2.75) is 101 Å². The Morgan fingerprint density at radius 2 is 1.50 bits per heavy atom. The number of nitrogens with one attached hydrogen (secondary N) is 2. The maximum atomic E-state index is 13.8. The quantitative estimate of drug-likeness (QED) is 0.101. The molecule has 1 aliphatic carbocycles. The number of hydrogen-bond donors (Lipinski definition) is 2. The number of benzene rings is 1. The van der Waals surface area contributed by atoms with Crippen LogP contribution in [0.15, 0.2) is 42.7 Å². The molecule has 5 heterocycles. The van der Waals surface area contributed by atoms with E-state index < -0.39 is 5.92 Å². The standard InChI is InChI=1S/C45H61F2N9O6/c1-3-18-59-20-22-61-24-25-62-23-21-60-19-16-48-42(57)35-28-49-44(50-29-35)54-30-36(31-54)41-53-52-32(2)56(41)39-26-37-9-10-38(27-39)55(37)17-13-40(33-7-5-4-6-8-33)51-43(58)34-11-14-45(46,47)15-12-34/h1,4-8,28-29,34,36-40H,9-27,30-31H2,2H3,(H,48,57)(H,51,58)/t37?,38?,39?,40-/m0/s1. The van der Waals surface area contributed by atoms with Gasteiger partial charge in [0.1, 0.15) is 18.3 Å². The fourth-order valence-corrected chi connectivity index (χ4v) is 9.35. The van der Waals surface area contributed by atoms with Crippen LogP contribution in [-0.4, -0.2) is 138 Å². The molecule has 62 heavy (non-hydrogen) atoms. The highest BCUT2D eigenvalue weighted by Gasteiger charge is 2.44. The van der Waals surface area contributed by atoms with Crippen LogP contribution < -0.4 is 15.5 Å². The van der Waals surface area contributed by atoms with Crippen molar-refractivity contribution in [3.8, 4) is 12.3 Å². The van der Waals surface area contributed by atoms with E-state index in [-0.39, 0.29) is 62.0 Å². The van der Waals surface area contributed by atoms with Crippen LogP contribution in [0.3, 0.4) is 0 Å². The number of alkyl halides is 2.